The zero-order valence-corrected chi connectivity index (χ0v) is 50.5. The molecule has 6 aromatic carbocycles. The van der Waals surface area contributed by atoms with Crippen molar-refractivity contribution in [3.63, 3.8) is 0 Å². The Kier molecular flexibility index (Phi) is 16.5. The second kappa shape index (κ2) is 24.7. The van der Waals surface area contributed by atoms with Gasteiger partial charge in [-0.05, 0) is 219 Å². The van der Waals surface area contributed by atoms with Crippen molar-refractivity contribution in [2.75, 3.05) is 27.3 Å². The van der Waals surface area contributed by atoms with Gasteiger partial charge in [0.05, 0.1) is 57.9 Å². The Hall–Kier alpha value is -9.96. The van der Waals surface area contributed by atoms with E-state index in [0.717, 1.165) is 76.0 Å². The number of fused-ring (bicyclic) bond motifs is 2. The summed E-state index contributed by atoms with van der Waals surface area (Å²) in [6, 6.07) is 40.0. The third kappa shape index (κ3) is 12.1. The van der Waals surface area contributed by atoms with E-state index in [0.29, 0.717) is 117 Å². The molecule has 0 bridgehead atoms. The maximum Gasteiger partial charge on any atom is 0.255 e. The monoisotopic (exact) mass is 1190 g/mol. The number of ether oxygens (including phenoxy) is 2. The summed E-state index contributed by atoms with van der Waals surface area (Å²) >= 11 is 0. The normalized spacial score (nSPS) is 14.0. The zero-order chi connectivity index (χ0) is 62.1. The smallest absolute Gasteiger partial charge is 0.255 e. The van der Waals surface area contributed by atoms with Gasteiger partial charge in [-0.15, -0.1) is 0 Å². The van der Waals surface area contributed by atoms with Crippen LogP contribution in [0.3, 0.4) is 0 Å². The number of nitrogens with one attached hydrogen (secondary N) is 4. The predicted octanol–water partition coefficient (Wildman–Crippen LogP) is 14.9. The van der Waals surface area contributed by atoms with Crippen molar-refractivity contribution in [3.05, 3.63) is 214 Å². The van der Waals surface area contributed by atoms with E-state index in [1.807, 2.05) is 92.8 Å². The minimum Gasteiger partial charge on any atom is -0.493 e. The molecule has 4 aromatic heterocycles. The van der Waals surface area contributed by atoms with E-state index < -0.39 is 22.7 Å². The lowest BCUT2D eigenvalue weighted by Gasteiger charge is -2.21. The summed E-state index contributed by atoms with van der Waals surface area (Å²) in [5, 5.41) is 13.2. The molecule has 4 heterocycles. The van der Waals surface area contributed by atoms with Gasteiger partial charge in [-0.25, -0.2) is 8.78 Å². The molecule has 0 aliphatic heterocycles. The molecule has 4 amide bonds. The highest BCUT2D eigenvalue weighted by atomic mass is 19.1. The molecular weight excluding hydrogens is 1130 g/mol. The van der Waals surface area contributed by atoms with Crippen molar-refractivity contribution < 1.29 is 46.3 Å². The minimum atomic E-state index is -0.667. The second-order valence-electron chi connectivity index (χ2n) is 23.5. The number of carbonyl (C=O) groups is 4. The number of unbranched alkanes of at least 4 members (excludes halogenated alkanes) is 1. The number of benzene rings is 6. The summed E-state index contributed by atoms with van der Waals surface area (Å²) in [5.41, 5.74) is 9.56. The van der Waals surface area contributed by atoms with Crippen LogP contribution in [0.2, 0.25) is 0 Å². The van der Waals surface area contributed by atoms with Crippen LogP contribution in [0.1, 0.15) is 128 Å². The fourth-order valence-corrected chi connectivity index (χ4v) is 11.8. The van der Waals surface area contributed by atoms with Crippen LogP contribution in [0, 0.1) is 31.4 Å². The van der Waals surface area contributed by atoms with Crippen molar-refractivity contribution >= 4 is 45.6 Å². The molecule has 14 nitrogen and oxygen atoms in total. The van der Waals surface area contributed by atoms with Crippen molar-refractivity contribution in [1.82, 2.24) is 31.2 Å². The number of aryl methyl sites for hydroxylation is 2. The van der Waals surface area contributed by atoms with Crippen LogP contribution in [-0.4, -0.2) is 60.9 Å². The Bertz CT molecular complexity index is 4340. The summed E-state index contributed by atoms with van der Waals surface area (Å²) in [6.07, 6.45) is 9.62. The molecule has 4 N–H and O–H groups in total. The first-order valence-corrected chi connectivity index (χ1v) is 30.2. The van der Waals surface area contributed by atoms with E-state index in [9.17, 15) is 28.0 Å². The highest BCUT2D eigenvalue weighted by molar-refractivity contribution is 6.13. The molecule has 16 heteroatoms. The van der Waals surface area contributed by atoms with Crippen molar-refractivity contribution in [1.29, 1.82) is 0 Å². The van der Waals surface area contributed by atoms with E-state index in [1.54, 1.807) is 56.7 Å². The third-order valence-corrected chi connectivity index (χ3v) is 17.1. The van der Waals surface area contributed by atoms with Crippen LogP contribution in [0.15, 0.2) is 161 Å². The number of pyridine rings is 2. The lowest BCUT2D eigenvalue weighted by molar-refractivity contribution is 0.0916. The molecule has 2 fully saturated rings. The van der Waals surface area contributed by atoms with E-state index >= 15 is 0 Å². The van der Waals surface area contributed by atoms with Gasteiger partial charge in [0, 0.05) is 48.4 Å². The standard InChI is InChI=1S/C73H68F2N6O8/c1-7-8-32-86-60-35-43(3)52(48-17-23-58-54(37-48)64(70(84)76-5)66(88-58)46-13-19-50(74)20-14-46)39-56(60)68(82)81-73(29-30-73)63-25-12-45(41-79-63)34-42(2)26-33-87-61-36-44(4)53(40-57(61)69(83)80-72(27-28-72)62-11-9-10-31-78-62)49-18-24-59-55(38-49)65(71(85)77-6)67(89-59)47-15-21-51(75)22-16-47/h9-25,31,35-42H,7-8,26-30,32-34H2,1-6H3,(H,76,84)(H,77,85)(H,80,83)(H,81,82). The van der Waals surface area contributed by atoms with Gasteiger partial charge in [0.1, 0.15) is 45.8 Å². The topological polar surface area (TPSA) is 187 Å². The molecule has 0 saturated heterocycles. The van der Waals surface area contributed by atoms with Gasteiger partial charge in [0.2, 0.25) is 0 Å². The molecule has 452 valence electrons. The predicted molar refractivity (Wildman–Crippen MR) is 339 cm³/mol. The van der Waals surface area contributed by atoms with E-state index in [1.165, 1.54) is 24.3 Å². The molecule has 12 rings (SSSR count). The highest BCUT2D eigenvalue weighted by Crippen LogP contribution is 2.47. The lowest BCUT2D eigenvalue weighted by atomic mass is 9.94. The summed E-state index contributed by atoms with van der Waals surface area (Å²) < 4.78 is 53.3. The summed E-state index contributed by atoms with van der Waals surface area (Å²) in [4.78, 5) is 65.8. The Morgan fingerprint density at radius 3 is 1.49 bits per heavy atom. The van der Waals surface area contributed by atoms with Crippen molar-refractivity contribution in [3.8, 4) is 56.4 Å². The molecular formula is C73H68F2N6O8. The van der Waals surface area contributed by atoms with Gasteiger partial charge >= 0.3 is 0 Å². The second-order valence-corrected chi connectivity index (χ2v) is 23.5. The number of nitrogens with zero attached hydrogens (tertiary/aromatic N) is 2. The molecule has 10 aromatic rings. The summed E-state index contributed by atoms with van der Waals surface area (Å²) in [5.74, 6) is -0.388. The molecule has 2 saturated carbocycles. The Balaban J connectivity index is 0.755. The molecule has 1 unspecified atom stereocenters. The van der Waals surface area contributed by atoms with Crippen molar-refractivity contribution in [2.24, 2.45) is 5.92 Å². The zero-order valence-electron chi connectivity index (χ0n) is 50.5. The first-order valence-electron chi connectivity index (χ1n) is 30.2. The van der Waals surface area contributed by atoms with Crippen molar-refractivity contribution in [2.45, 2.75) is 90.1 Å². The first kappa shape index (κ1) is 59.4. The maximum atomic E-state index is 14.7. The molecule has 1 atom stereocenters. The number of hydrogen-bond acceptors (Lipinski definition) is 10. The number of amides is 4. The van der Waals surface area contributed by atoms with Gasteiger partial charge in [0.25, 0.3) is 23.6 Å². The Morgan fingerprint density at radius 1 is 0.573 bits per heavy atom. The van der Waals surface area contributed by atoms with E-state index in [4.69, 9.17) is 23.3 Å². The van der Waals surface area contributed by atoms with Gasteiger partial charge in [0.15, 0.2) is 0 Å². The Morgan fingerprint density at radius 2 is 1.06 bits per heavy atom. The number of rotatable bonds is 22. The highest BCUT2D eigenvalue weighted by Gasteiger charge is 2.48. The number of carbonyl (C=O) groups excluding carboxylic acids is 4. The van der Waals surface area contributed by atoms with Crippen LogP contribution in [0.5, 0.6) is 11.5 Å². The van der Waals surface area contributed by atoms with E-state index in [-0.39, 0.29) is 29.5 Å². The summed E-state index contributed by atoms with van der Waals surface area (Å²) in [6.45, 7) is 8.93. The van der Waals surface area contributed by atoms with Crippen LogP contribution >= 0.6 is 0 Å². The van der Waals surface area contributed by atoms with Gasteiger partial charge in [-0.1, -0.05) is 44.5 Å². The fraction of sp³-hybridized carbons (Fsp3) is 0.260. The maximum absolute atomic E-state index is 14.7. The van der Waals surface area contributed by atoms with Crippen LogP contribution in [0.25, 0.3) is 66.8 Å². The van der Waals surface area contributed by atoms with Crippen LogP contribution in [0.4, 0.5) is 8.78 Å². The fourth-order valence-electron chi connectivity index (χ4n) is 11.8. The van der Waals surface area contributed by atoms with Crippen LogP contribution < -0.4 is 30.7 Å². The quantitative estimate of drug-likeness (QED) is 0.0476. The molecule has 0 spiro atoms. The van der Waals surface area contributed by atoms with Gasteiger partial charge in [-0.3, -0.25) is 29.1 Å². The number of hydrogen-bond donors (Lipinski definition) is 4. The molecule has 89 heavy (non-hydrogen) atoms. The molecule has 2 aliphatic rings. The first-order chi connectivity index (χ1) is 43.1. The molecule has 0 radical (unpaired) electrons. The number of halogens is 2. The third-order valence-electron chi connectivity index (χ3n) is 17.1. The average Bonchev–Trinajstić information content (AvgIpc) is 1.86. The van der Waals surface area contributed by atoms with E-state index in [2.05, 4.69) is 46.2 Å². The largest absolute Gasteiger partial charge is 0.493 e. The lowest BCUT2D eigenvalue weighted by Crippen LogP contribution is -2.35. The minimum absolute atomic E-state index is 0.160. The van der Waals surface area contributed by atoms with Gasteiger partial charge < -0.3 is 39.6 Å². The number of furan rings is 2. The summed E-state index contributed by atoms with van der Waals surface area (Å²) in [7, 11) is 3.10. The van der Waals surface area contributed by atoms with Crippen LogP contribution in [-0.2, 0) is 17.5 Å². The van der Waals surface area contributed by atoms with Gasteiger partial charge in [-0.2, -0.15) is 0 Å². The SMILES string of the molecule is CCCCOc1cc(C)c(-c2ccc3oc(-c4ccc(F)cc4)c(C(=O)NC)c3c2)cc1C(=O)NC1(c2ccc(CC(C)CCOc3cc(C)c(-c4ccc5oc(-c6ccc(F)cc6)c(C(=O)NC)c5c4)cc3C(=O)NC3(c4ccccn4)CC3)cn2)CC1. The number of aromatic nitrogens is 2. The molecule has 2 aliphatic carbocycles. The average molecular weight is 1200 g/mol. The Labute approximate surface area is 514 Å².